The molecule has 0 aromatic carbocycles. The van der Waals surface area contributed by atoms with Crippen molar-refractivity contribution in [3.63, 3.8) is 0 Å². The minimum absolute atomic E-state index is 0.0816. The van der Waals surface area contributed by atoms with E-state index in [1.807, 2.05) is 6.92 Å². The van der Waals surface area contributed by atoms with E-state index in [-0.39, 0.29) is 24.0 Å². The Hall–Kier alpha value is -2.16. The van der Waals surface area contributed by atoms with Gasteiger partial charge in [-0.15, -0.1) is 0 Å². The van der Waals surface area contributed by atoms with Gasteiger partial charge in [0, 0.05) is 18.4 Å². The maximum absolute atomic E-state index is 12.6. The summed E-state index contributed by atoms with van der Waals surface area (Å²) >= 11 is 1.25. The molecular formula is C17H18N4O4S. The van der Waals surface area contributed by atoms with Gasteiger partial charge in [0.05, 0.1) is 0 Å². The van der Waals surface area contributed by atoms with Crippen LogP contribution in [0.3, 0.4) is 0 Å². The summed E-state index contributed by atoms with van der Waals surface area (Å²) in [4.78, 5) is 48.5. The Kier molecular flexibility index (Phi) is 3.50. The normalized spacial score (nSPS) is 25.7. The molecule has 0 bridgehead atoms. The molecule has 3 aliphatic rings. The molecule has 26 heavy (non-hydrogen) atoms. The smallest absolute Gasteiger partial charge is 0.330 e. The second kappa shape index (κ2) is 5.67. The van der Waals surface area contributed by atoms with Crippen LogP contribution in [-0.4, -0.2) is 36.8 Å². The van der Waals surface area contributed by atoms with E-state index in [2.05, 4.69) is 15.0 Å². The number of ether oxygens (including phenoxy) is 1. The summed E-state index contributed by atoms with van der Waals surface area (Å²) < 4.78 is 6.81. The Morgan fingerprint density at radius 2 is 1.92 bits per heavy atom. The third-order valence-electron chi connectivity index (χ3n) is 5.00. The van der Waals surface area contributed by atoms with Crippen molar-refractivity contribution >= 4 is 28.8 Å². The lowest BCUT2D eigenvalue weighted by Crippen LogP contribution is -2.31. The molecule has 0 amide bonds. The third-order valence-corrected chi connectivity index (χ3v) is 6.19. The quantitative estimate of drug-likeness (QED) is 0.638. The molecule has 2 atom stereocenters. The molecule has 2 aromatic heterocycles. The van der Waals surface area contributed by atoms with E-state index in [1.165, 1.54) is 11.8 Å². The Balaban J connectivity index is 1.71. The summed E-state index contributed by atoms with van der Waals surface area (Å²) in [6.07, 6.45) is 4.26. The predicted octanol–water partition coefficient (Wildman–Crippen LogP) is 1.49. The molecule has 8 nitrogen and oxygen atoms in total. The summed E-state index contributed by atoms with van der Waals surface area (Å²) in [5.74, 6) is 0.656. The van der Waals surface area contributed by atoms with Crippen LogP contribution in [-0.2, 0) is 9.53 Å². The first-order valence-electron chi connectivity index (χ1n) is 8.95. The van der Waals surface area contributed by atoms with Crippen LogP contribution in [0.2, 0.25) is 0 Å². The van der Waals surface area contributed by atoms with Gasteiger partial charge >= 0.3 is 11.7 Å². The molecule has 0 radical (unpaired) electrons. The molecule has 9 heteroatoms. The number of esters is 1. The van der Waals surface area contributed by atoms with E-state index in [0.29, 0.717) is 28.3 Å². The summed E-state index contributed by atoms with van der Waals surface area (Å²) in [5.41, 5.74) is -0.512. The van der Waals surface area contributed by atoms with E-state index in [4.69, 9.17) is 4.74 Å². The first-order chi connectivity index (χ1) is 12.5. The second-order valence-electron chi connectivity index (χ2n) is 7.31. The summed E-state index contributed by atoms with van der Waals surface area (Å²) in [6.45, 7) is 1.85. The molecule has 1 saturated heterocycles. The van der Waals surface area contributed by atoms with Crippen LogP contribution >= 0.6 is 11.8 Å². The van der Waals surface area contributed by atoms with Gasteiger partial charge in [0.1, 0.15) is 27.6 Å². The van der Waals surface area contributed by atoms with Crippen LogP contribution in [0.25, 0.3) is 11.0 Å². The molecule has 2 aromatic rings. The Morgan fingerprint density at radius 3 is 2.54 bits per heavy atom. The molecular weight excluding hydrogens is 356 g/mol. The van der Waals surface area contributed by atoms with Gasteiger partial charge in [-0.3, -0.25) is 19.1 Å². The molecule has 2 saturated carbocycles. The number of cyclic esters (lactones) is 1. The van der Waals surface area contributed by atoms with Gasteiger partial charge < -0.3 is 4.74 Å². The zero-order valence-electron chi connectivity index (χ0n) is 14.2. The molecule has 2 aliphatic carbocycles. The Bertz CT molecular complexity index is 1040. The van der Waals surface area contributed by atoms with Gasteiger partial charge in [0.2, 0.25) is 0 Å². The summed E-state index contributed by atoms with van der Waals surface area (Å²) in [7, 11) is 0. The minimum atomic E-state index is -0.494. The van der Waals surface area contributed by atoms with Crippen LogP contribution in [0.15, 0.2) is 14.6 Å². The standard InChI is InChI=1S/C17H18N4O4S/c1-7-6-10(16(23)25-7)26-15-11-13(18-12(19-15)8-2-3-8)21(9-4-5-9)17(24)20-14(11)22/h7-10H,2-6H2,1H3,(H,20,22,24)/t7-,10-/m1/s1. The van der Waals surface area contributed by atoms with E-state index < -0.39 is 16.5 Å². The fourth-order valence-electron chi connectivity index (χ4n) is 3.37. The van der Waals surface area contributed by atoms with E-state index in [1.54, 1.807) is 4.57 Å². The first kappa shape index (κ1) is 16.0. The van der Waals surface area contributed by atoms with Gasteiger partial charge in [-0.25, -0.2) is 14.8 Å². The number of hydrogen-bond acceptors (Lipinski definition) is 7. The number of nitrogens with zero attached hydrogens (tertiary/aromatic N) is 3. The number of rotatable bonds is 4. The van der Waals surface area contributed by atoms with Crippen LogP contribution in [0.4, 0.5) is 0 Å². The maximum atomic E-state index is 12.6. The summed E-state index contributed by atoms with van der Waals surface area (Å²) in [5, 5.41) is 0.387. The number of thioether (sulfide) groups is 1. The van der Waals surface area contributed by atoms with Gasteiger partial charge in [-0.05, 0) is 32.6 Å². The fourth-order valence-corrected chi connectivity index (χ4v) is 4.60. The SMILES string of the molecule is C[C@@H]1C[C@@H](Sc2nc(C3CC3)nc3c2c(=O)[nH]c(=O)n3C2CC2)C(=O)O1. The topological polar surface area (TPSA) is 107 Å². The average Bonchev–Trinajstić information content (AvgIpc) is 3.47. The lowest BCUT2D eigenvalue weighted by atomic mass is 10.3. The molecule has 1 N–H and O–H groups in total. The van der Waals surface area contributed by atoms with Gasteiger partial charge in [0.25, 0.3) is 5.56 Å². The van der Waals surface area contributed by atoms with E-state index in [9.17, 15) is 14.4 Å². The molecule has 0 unspecified atom stereocenters. The molecule has 5 rings (SSSR count). The number of fused-ring (bicyclic) bond motifs is 1. The zero-order valence-corrected chi connectivity index (χ0v) is 15.0. The van der Waals surface area contributed by atoms with E-state index in [0.717, 1.165) is 25.7 Å². The van der Waals surface area contributed by atoms with Crippen LogP contribution < -0.4 is 11.2 Å². The van der Waals surface area contributed by atoms with Crippen molar-refractivity contribution in [2.24, 2.45) is 0 Å². The van der Waals surface area contributed by atoms with Crippen LogP contribution in [0, 0.1) is 0 Å². The van der Waals surface area contributed by atoms with Crippen molar-refractivity contribution in [1.82, 2.24) is 19.5 Å². The van der Waals surface area contributed by atoms with Crippen molar-refractivity contribution in [1.29, 1.82) is 0 Å². The van der Waals surface area contributed by atoms with Crippen molar-refractivity contribution in [3.05, 3.63) is 26.7 Å². The third kappa shape index (κ3) is 2.65. The van der Waals surface area contributed by atoms with Crippen molar-refractivity contribution in [2.75, 3.05) is 0 Å². The van der Waals surface area contributed by atoms with Crippen LogP contribution in [0.5, 0.6) is 0 Å². The summed E-state index contributed by atoms with van der Waals surface area (Å²) in [6, 6.07) is 0.0816. The van der Waals surface area contributed by atoms with Crippen molar-refractivity contribution in [2.45, 2.75) is 67.4 Å². The van der Waals surface area contributed by atoms with Gasteiger partial charge in [-0.2, -0.15) is 0 Å². The molecule has 1 aliphatic heterocycles. The highest BCUT2D eigenvalue weighted by Crippen LogP contribution is 2.42. The van der Waals surface area contributed by atoms with Gasteiger partial charge in [0.15, 0.2) is 5.65 Å². The number of carbonyl (C=O) groups is 1. The number of nitrogens with one attached hydrogen (secondary N) is 1. The van der Waals surface area contributed by atoms with Crippen LogP contribution in [0.1, 0.15) is 56.8 Å². The number of hydrogen-bond donors (Lipinski definition) is 1. The highest BCUT2D eigenvalue weighted by Gasteiger charge is 2.36. The lowest BCUT2D eigenvalue weighted by molar-refractivity contribution is -0.140. The molecule has 3 heterocycles. The Morgan fingerprint density at radius 1 is 1.15 bits per heavy atom. The number of carbonyl (C=O) groups excluding carboxylic acids is 1. The average molecular weight is 374 g/mol. The van der Waals surface area contributed by atoms with E-state index >= 15 is 0 Å². The molecule has 136 valence electrons. The fraction of sp³-hybridized carbons (Fsp3) is 0.588. The maximum Gasteiger partial charge on any atom is 0.330 e. The highest BCUT2D eigenvalue weighted by atomic mass is 32.2. The molecule has 0 spiro atoms. The van der Waals surface area contributed by atoms with Gasteiger partial charge in [-0.1, -0.05) is 11.8 Å². The number of H-pyrrole nitrogens is 1. The first-order valence-corrected chi connectivity index (χ1v) is 9.83. The zero-order chi connectivity index (χ0) is 18.0. The second-order valence-corrected chi connectivity index (χ2v) is 8.50. The predicted molar refractivity (Wildman–Crippen MR) is 94.5 cm³/mol. The van der Waals surface area contributed by atoms with Crippen molar-refractivity contribution < 1.29 is 9.53 Å². The monoisotopic (exact) mass is 374 g/mol. The highest BCUT2D eigenvalue weighted by molar-refractivity contribution is 8.00. The van der Waals surface area contributed by atoms with Crippen molar-refractivity contribution in [3.8, 4) is 0 Å². The minimum Gasteiger partial charge on any atom is -0.462 e. The number of aromatic amines is 1. The number of aromatic nitrogens is 4. The lowest BCUT2D eigenvalue weighted by Gasteiger charge is -2.13. The molecule has 3 fully saturated rings. The Labute approximate surface area is 152 Å². The largest absolute Gasteiger partial charge is 0.462 e.